The molecule has 1 fully saturated rings. The van der Waals surface area contributed by atoms with E-state index < -0.39 is 43.0 Å². The van der Waals surface area contributed by atoms with Crippen LogP contribution in [0.2, 0.25) is 0 Å². The van der Waals surface area contributed by atoms with E-state index in [-0.39, 0.29) is 6.42 Å². The molecule has 0 unspecified atom stereocenters. The lowest BCUT2D eigenvalue weighted by atomic mass is 9.96. The van der Waals surface area contributed by atoms with Crippen molar-refractivity contribution in [2.24, 2.45) is 18.9 Å². The average Bonchev–Trinajstić information content (AvgIpc) is 3.00. The van der Waals surface area contributed by atoms with E-state index >= 15 is 0 Å². The minimum atomic E-state index is -4.63. The second-order valence-electron chi connectivity index (χ2n) is 6.16. The average molecular weight is 347 g/mol. The first kappa shape index (κ1) is 18.3. The number of aliphatic carboxylic acids is 1. The first-order valence-electron chi connectivity index (χ1n) is 7.58. The fourth-order valence-electron chi connectivity index (χ4n) is 3.16. The smallest absolute Gasteiger partial charge is 0.394 e. The van der Waals surface area contributed by atoms with Crippen molar-refractivity contribution in [1.29, 1.82) is 0 Å². The zero-order valence-corrected chi connectivity index (χ0v) is 13.7. The minimum absolute atomic E-state index is 0.0320. The van der Waals surface area contributed by atoms with E-state index in [9.17, 15) is 22.8 Å². The third kappa shape index (κ3) is 3.54. The van der Waals surface area contributed by atoms with E-state index in [1.165, 1.54) is 0 Å². The van der Waals surface area contributed by atoms with Gasteiger partial charge in [-0.05, 0) is 25.8 Å². The number of carbonyl (C=O) groups is 2. The Kier molecular flexibility index (Phi) is 4.91. The molecular formula is C15H20F3N3O3. The third-order valence-corrected chi connectivity index (χ3v) is 4.66. The molecule has 1 aliphatic heterocycles. The number of carbonyl (C=O) groups excluding carboxylic acids is 1. The molecule has 24 heavy (non-hydrogen) atoms. The fourth-order valence-corrected chi connectivity index (χ4v) is 3.16. The van der Waals surface area contributed by atoms with Crippen LogP contribution in [0.25, 0.3) is 0 Å². The maximum absolute atomic E-state index is 13.0. The number of rotatable bonds is 4. The van der Waals surface area contributed by atoms with Crippen LogP contribution in [0.4, 0.5) is 13.2 Å². The number of aryl methyl sites for hydroxylation is 2. The van der Waals surface area contributed by atoms with Gasteiger partial charge < -0.3 is 10.0 Å². The molecule has 2 rings (SSSR count). The summed E-state index contributed by atoms with van der Waals surface area (Å²) >= 11 is 0. The van der Waals surface area contributed by atoms with Crippen molar-refractivity contribution in [3.05, 3.63) is 17.0 Å². The number of hydrogen-bond acceptors (Lipinski definition) is 3. The van der Waals surface area contributed by atoms with E-state index in [1.807, 2.05) is 13.8 Å². The Balaban J connectivity index is 2.04. The topological polar surface area (TPSA) is 75.4 Å². The molecule has 1 N–H and O–H groups in total. The Morgan fingerprint density at radius 1 is 1.29 bits per heavy atom. The van der Waals surface area contributed by atoms with E-state index in [4.69, 9.17) is 5.11 Å². The number of nitrogens with zero attached hydrogens (tertiary/aromatic N) is 3. The maximum Gasteiger partial charge on any atom is 0.394 e. The molecule has 0 radical (unpaired) electrons. The highest BCUT2D eigenvalue weighted by Gasteiger charge is 2.53. The highest BCUT2D eigenvalue weighted by atomic mass is 19.4. The summed E-state index contributed by atoms with van der Waals surface area (Å²) in [4.78, 5) is 24.3. The fraction of sp³-hybridized carbons (Fsp3) is 0.667. The largest absolute Gasteiger partial charge is 0.481 e. The van der Waals surface area contributed by atoms with Crippen molar-refractivity contribution in [3.63, 3.8) is 0 Å². The van der Waals surface area contributed by atoms with Gasteiger partial charge in [0.2, 0.25) is 5.91 Å². The normalized spacial score (nSPS) is 21.3. The molecule has 0 aromatic carbocycles. The first-order valence-corrected chi connectivity index (χ1v) is 7.58. The van der Waals surface area contributed by atoms with E-state index in [0.29, 0.717) is 6.42 Å². The number of carboxylic acids is 1. The highest BCUT2D eigenvalue weighted by Crippen LogP contribution is 2.38. The number of alkyl halides is 3. The molecule has 2 heterocycles. The molecule has 1 aromatic rings. The summed E-state index contributed by atoms with van der Waals surface area (Å²) in [5.41, 5.74) is 2.58. The molecule has 1 saturated heterocycles. The van der Waals surface area contributed by atoms with Crippen molar-refractivity contribution in [2.75, 3.05) is 13.1 Å². The summed E-state index contributed by atoms with van der Waals surface area (Å²) in [7, 11) is 1.78. The maximum atomic E-state index is 13.0. The monoisotopic (exact) mass is 347 g/mol. The molecule has 134 valence electrons. The summed E-state index contributed by atoms with van der Waals surface area (Å²) < 4.78 is 40.6. The van der Waals surface area contributed by atoms with Crippen molar-refractivity contribution >= 4 is 11.9 Å². The van der Waals surface area contributed by atoms with E-state index in [1.54, 1.807) is 11.7 Å². The molecule has 2 atom stereocenters. The van der Waals surface area contributed by atoms with Crippen molar-refractivity contribution < 1.29 is 27.9 Å². The van der Waals surface area contributed by atoms with Crippen LogP contribution >= 0.6 is 0 Å². The molecule has 0 saturated carbocycles. The second-order valence-corrected chi connectivity index (χ2v) is 6.16. The van der Waals surface area contributed by atoms with Crippen LogP contribution in [0.15, 0.2) is 0 Å². The zero-order valence-electron chi connectivity index (χ0n) is 13.7. The van der Waals surface area contributed by atoms with Gasteiger partial charge >= 0.3 is 12.1 Å². The van der Waals surface area contributed by atoms with Gasteiger partial charge in [0.1, 0.15) is 0 Å². The number of likely N-dealkylation sites (tertiary alicyclic amines) is 1. The molecule has 1 aliphatic rings. The summed E-state index contributed by atoms with van der Waals surface area (Å²) in [6, 6.07) is 0. The van der Waals surface area contributed by atoms with E-state index in [2.05, 4.69) is 5.10 Å². The van der Waals surface area contributed by atoms with Gasteiger partial charge in [0, 0.05) is 32.3 Å². The Morgan fingerprint density at radius 3 is 2.33 bits per heavy atom. The summed E-state index contributed by atoms with van der Waals surface area (Å²) in [6.45, 7) is 2.67. The zero-order chi connectivity index (χ0) is 18.2. The highest BCUT2D eigenvalue weighted by molar-refractivity contribution is 5.79. The summed E-state index contributed by atoms with van der Waals surface area (Å²) in [5.74, 6) is -5.60. The number of hydrogen-bond donors (Lipinski definition) is 1. The summed E-state index contributed by atoms with van der Waals surface area (Å²) in [5, 5.41) is 13.2. The van der Waals surface area contributed by atoms with E-state index in [0.717, 1.165) is 21.9 Å². The van der Waals surface area contributed by atoms with Crippen molar-refractivity contribution in [3.8, 4) is 0 Å². The van der Waals surface area contributed by atoms with Gasteiger partial charge in [-0.1, -0.05) is 0 Å². The quantitative estimate of drug-likeness (QED) is 0.899. The molecule has 6 nitrogen and oxygen atoms in total. The van der Waals surface area contributed by atoms with Crippen LogP contribution in [-0.4, -0.2) is 50.9 Å². The van der Waals surface area contributed by atoms with Gasteiger partial charge in [0.15, 0.2) is 0 Å². The Labute approximate surface area is 137 Å². The third-order valence-electron chi connectivity index (χ3n) is 4.66. The predicted molar refractivity (Wildman–Crippen MR) is 78.3 cm³/mol. The number of aromatic nitrogens is 2. The van der Waals surface area contributed by atoms with Crippen LogP contribution in [0.1, 0.15) is 23.4 Å². The Morgan fingerprint density at radius 2 is 1.92 bits per heavy atom. The molecule has 1 amide bonds. The lowest BCUT2D eigenvalue weighted by Gasteiger charge is -2.18. The number of amides is 1. The molecule has 1 aromatic heterocycles. The van der Waals surface area contributed by atoms with Crippen LogP contribution in [-0.2, 0) is 23.1 Å². The van der Waals surface area contributed by atoms with Gasteiger partial charge in [-0.25, -0.2) is 0 Å². The predicted octanol–water partition coefficient (Wildman–Crippen LogP) is 1.69. The van der Waals surface area contributed by atoms with Crippen molar-refractivity contribution in [1.82, 2.24) is 14.7 Å². The van der Waals surface area contributed by atoms with Crippen LogP contribution in [0.3, 0.4) is 0 Å². The van der Waals surface area contributed by atoms with Gasteiger partial charge in [-0.2, -0.15) is 18.3 Å². The van der Waals surface area contributed by atoms with Crippen LogP contribution < -0.4 is 0 Å². The van der Waals surface area contributed by atoms with Crippen LogP contribution in [0, 0.1) is 25.7 Å². The van der Waals surface area contributed by atoms with Crippen molar-refractivity contribution in [2.45, 2.75) is 32.9 Å². The minimum Gasteiger partial charge on any atom is -0.481 e. The molecule has 0 spiro atoms. The van der Waals surface area contributed by atoms with Gasteiger partial charge in [-0.3, -0.25) is 14.3 Å². The summed E-state index contributed by atoms with van der Waals surface area (Å²) in [6.07, 6.45) is -4.23. The number of halogens is 3. The van der Waals surface area contributed by atoms with Crippen LogP contribution in [0.5, 0.6) is 0 Å². The molecule has 0 aliphatic carbocycles. The standard InChI is InChI=1S/C15H20F3N3O3/c1-8-10(9(2)20(3)19-8)4-5-13(22)21-6-11(14(23)24)12(7-21)15(16,17)18/h11-12H,4-7H2,1-3H3,(H,23,24)/t11-,12-/m1/s1. The van der Waals surface area contributed by atoms with Gasteiger partial charge in [0.05, 0.1) is 17.5 Å². The molecule has 9 heteroatoms. The SMILES string of the molecule is Cc1nn(C)c(C)c1CCC(=O)N1C[C@@H](C(F)(F)F)[C@H](C(=O)O)C1. The molecule has 0 bridgehead atoms. The first-order chi connectivity index (χ1) is 11.0. The Bertz CT molecular complexity index is 654. The number of carboxylic acid groups (broad SMARTS) is 1. The Hall–Kier alpha value is -2.06. The van der Waals surface area contributed by atoms with Gasteiger partial charge in [-0.15, -0.1) is 0 Å². The van der Waals surface area contributed by atoms with Gasteiger partial charge in [0.25, 0.3) is 0 Å². The lowest BCUT2D eigenvalue weighted by Crippen LogP contribution is -2.34. The second kappa shape index (κ2) is 6.45. The lowest BCUT2D eigenvalue weighted by molar-refractivity contribution is -0.188. The molecular weight excluding hydrogens is 327 g/mol.